The fraction of sp³-hybridized carbons (Fsp3) is 0.130. The molecule has 1 aliphatic heterocycles. The van der Waals surface area contributed by atoms with Gasteiger partial charge in [0.2, 0.25) is 0 Å². The molecule has 0 aliphatic carbocycles. The number of benzene rings is 3. The summed E-state index contributed by atoms with van der Waals surface area (Å²) in [7, 11) is 4.16. The molecule has 26 heavy (non-hydrogen) atoms. The molecule has 1 aliphatic rings. The van der Waals surface area contributed by atoms with E-state index >= 15 is 0 Å². The van der Waals surface area contributed by atoms with Crippen molar-refractivity contribution < 1.29 is 0 Å². The Bertz CT molecular complexity index is 848. The minimum atomic E-state index is 0.386. The zero-order valence-electron chi connectivity index (χ0n) is 14.9. The Balaban J connectivity index is 1.69. The zero-order chi connectivity index (χ0) is 17.9. The summed E-state index contributed by atoms with van der Waals surface area (Å²) in [6.45, 7) is 0. The highest BCUT2D eigenvalue weighted by Crippen LogP contribution is 2.61. The molecule has 0 unspecified atom stereocenters. The van der Waals surface area contributed by atoms with Gasteiger partial charge in [-0.3, -0.25) is 0 Å². The molecule has 1 heterocycles. The van der Waals surface area contributed by atoms with Crippen LogP contribution in [0.25, 0.3) is 9.81 Å². The maximum Gasteiger partial charge on any atom is 0.0846 e. The highest BCUT2D eigenvalue weighted by molar-refractivity contribution is 8.29. The summed E-state index contributed by atoms with van der Waals surface area (Å²) >= 11 is 3.93. The second kappa shape index (κ2) is 7.65. The largest absolute Gasteiger partial charge is 0.378 e. The van der Waals surface area contributed by atoms with E-state index in [2.05, 4.69) is 104 Å². The molecule has 0 atom stereocenters. The molecular formula is C23H21NS2. The topological polar surface area (TPSA) is 3.24 Å². The van der Waals surface area contributed by atoms with Crippen molar-refractivity contribution in [2.75, 3.05) is 19.0 Å². The third-order valence-corrected chi connectivity index (χ3v) is 7.44. The van der Waals surface area contributed by atoms with E-state index in [4.69, 9.17) is 0 Å². The molecule has 3 heteroatoms. The van der Waals surface area contributed by atoms with Gasteiger partial charge in [-0.25, -0.2) is 0 Å². The summed E-state index contributed by atoms with van der Waals surface area (Å²) < 4.78 is 0.386. The molecule has 0 spiro atoms. The highest BCUT2D eigenvalue weighted by atomic mass is 32.2. The van der Waals surface area contributed by atoms with Crippen LogP contribution < -0.4 is 4.90 Å². The van der Waals surface area contributed by atoms with E-state index in [1.54, 1.807) is 0 Å². The lowest BCUT2D eigenvalue weighted by molar-refractivity contribution is 1.13. The van der Waals surface area contributed by atoms with Crippen molar-refractivity contribution in [2.24, 2.45) is 0 Å². The fourth-order valence-corrected chi connectivity index (χ4v) is 6.06. The first kappa shape index (κ1) is 17.3. The molecule has 0 fully saturated rings. The van der Waals surface area contributed by atoms with Gasteiger partial charge in [0.15, 0.2) is 0 Å². The molecule has 0 radical (unpaired) electrons. The van der Waals surface area contributed by atoms with Crippen LogP contribution in [-0.2, 0) is 0 Å². The van der Waals surface area contributed by atoms with E-state index in [1.807, 2.05) is 23.5 Å². The Hall–Kier alpha value is -2.10. The van der Waals surface area contributed by atoms with Gasteiger partial charge < -0.3 is 4.90 Å². The van der Waals surface area contributed by atoms with Crippen LogP contribution in [0, 0.1) is 0 Å². The van der Waals surface area contributed by atoms with Gasteiger partial charge in [0.1, 0.15) is 0 Å². The molecule has 0 saturated carbocycles. The van der Waals surface area contributed by atoms with Gasteiger partial charge in [-0.1, -0.05) is 72.8 Å². The molecule has 0 N–H and O–H groups in total. The predicted molar refractivity (Wildman–Crippen MR) is 118 cm³/mol. The standard InChI is InChI=1S/C23H21NS2/c1-24(2)20-15-13-19(14-16-20)23-25-21(17-9-5-3-6-10-17)22(26-23)18-11-7-4-8-12-18/h3-16,23H,1-2H3. The van der Waals surface area contributed by atoms with Crippen LogP contribution in [0.5, 0.6) is 0 Å². The molecule has 1 nitrogen and oxygen atoms in total. The van der Waals surface area contributed by atoms with Gasteiger partial charge >= 0.3 is 0 Å². The van der Waals surface area contributed by atoms with E-state index in [9.17, 15) is 0 Å². The van der Waals surface area contributed by atoms with Gasteiger partial charge in [-0.2, -0.15) is 0 Å². The van der Waals surface area contributed by atoms with Crippen molar-refractivity contribution in [3.05, 3.63) is 102 Å². The van der Waals surface area contributed by atoms with Crippen molar-refractivity contribution in [3.8, 4) is 0 Å². The minimum Gasteiger partial charge on any atom is -0.378 e. The number of thioether (sulfide) groups is 2. The first-order valence-corrected chi connectivity index (χ1v) is 10.4. The second-order valence-corrected chi connectivity index (χ2v) is 8.97. The van der Waals surface area contributed by atoms with Crippen molar-refractivity contribution in [1.82, 2.24) is 0 Å². The Morgan fingerprint density at radius 2 is 1.08 bits per heavy atom. The molecule has 0 amide bonds. The summed E-state index contributed by atoms with van der Waals surface area (Å²) in [5.41, 5.74) is 5.21. The van der Waals surface area contributed by atoms with Crippen LogP contribution in [0.2, 0.25) is 0 Å². The smallest absolute Gasteiger partial charge is 0.0846 e. The van der Waals surface area contributed by atoms with Gasteiger partial charge in [0.25, 0.3) is 0 Å². The lowest BCUT2D eigenvalue weighted by Gasteiger charge is -2.15. The first-order chi connectivity index (χ1) is 12.7. The maximum atomic E-state index is 2.26. The van der Waals surface area contributed by atoms with Gasteiger partial charge in [0.05, 0.1) is 4.58 Å². The number of hydrogen-bond donors (Lipinski definition) is 0. The monoisotopic (exact) mass is 375 g/mol. The van der Waals surface area contributed by atoms with E-state index in [1.165, 1.54) is 32.2 Å². The molecule has 130 valence electrons. The lowest BCUT2D eigenvalue weighted by atomic mass is 10.1. The third kappa shape index (κ3) is 3.55. The molecule has 0 aromatic heterocycles. The highest BCUT2D eigenvalue weighted by Gasteiger charge is 2.28. The second-order valence-electron chi connectivity index (χ2n) is 6.44. The van der Waals surface area contributed by atoms with Gasteiger partial charge in [-0.15, -0.1) is 23.5 Å². The lowest BCUT2D eigenvalue weighted by Crippen LogP contribution is -2.08. The van der Waals surface area contributed by atoms with E-state index < -0.39 is 0 Å². The summed E-state index contributed by atoms with van der Waals surface area (Å²) in [5.74, 6) is 0. The molecule has 0 saturated heterocycles. The number of anilines is 1. The Morgan fingerprint density at radius 3 is 1.50 bits per heavy atom. The SMILES string of the molecule is CN(C)c1ccc(C2SC(c3ccccc3)=C(c3ccccc3)S2)cc1. The molecular weight excluding hydrogens is 354 g/mol. The molecule has 3 aromatic carbocycles. The average molecular weight is 376 g/mol. The van der Waals surface area contributed by atoms with Crippen molar-refractivity contribution in [3.63, 3.8) is 0 Å². The first-order valence-electron chi connectivity index (χ1n) is 8.68. The van der Waals surface area contributed by atoms with Crippen molar-refractivity contribution in [2.45, 2.75) is 4.58 Å². The zero-order valence-corrected chi connectivity index (χ0v) is 16.6. The van der Waals surface area contributed by atoms with Gasteiger partial charge in [0, 0.05) is 29.6 Å². The molecule has 0 bridgehead atoms. The Labute approximate surface area is 164 Å². The molecule has 3 aromatic rings. The summed E-state index contributed by atoms with van der Waals surface area (Å²) in [6, 6.07) is 30.4. The van der Waals surface area contributed by atoms with E-state index in [0.29, 0.717) is 4.58 Å². The minimum absolute atomic E-state index is 0.386. The maximum absolute atomic E-state index is 2.26. The fourth-order valence-electron chi connectivity index (χ4n) is 2.99. The normalized spacial score (nSPS) is 14.7. The number of rotatable bonds is 4. The number of hydrogen-bond acceptors (Lipinski definition) is 3. The van der Waals surface area contributed by atoms with E-state index in [0.717, 1.165) is 0 Å². The number of nitrogens with zero attached hydrogens (tertiary/aromatic N) is 1. The quantitative estimate of drug-likeness (QED) is 0.496. The van der Waals surface area contributed by atoms with Gasteiger partial charge in [-0.05, 0) is 28.8 Å². The van der Waals surface area contributed by atoms with Crippen LogP contribution in [0.4, 0.5) is 5.69 Å². The predicted octanol–water partition coefficient (Wildman–Crippen LogP) is 6.76. The van der Waals surface area contributed by atoms with Crippen molar-refractivity contribution >= 4 is 39.0 Å². The Kier molecular flexibility index (Phi) is 5.09. The van der Waals surface area contributed by atoms with Crippen LogP contribution in [0.1, 0.15) is 21.3 Å². The van der Waals surface area contributed by atoms with Crippen molar-refractivity contribution in [1.29, 1.82) is 0 Å². The van der Waals surface area contributed by atoms with E-state index in [-0.39, 0.29) is 0 Å². The summed E-state index contributed by atoms with van der Waals surface area (Å²) in [5, 5.41) is 0. The summed E-state index contributed by atoms with van der Waals surface area (Å²) in [4.78, 5) is 4.90. The molecule has 4 rings (SSSR count). The van der Waals surface area contributed by atoms with Crippen LogP contribution in [0.15, 0.2) is 84.9 Å². The Morgan fingerprint density at radius 1 is 0.615 bits per heavy atom. The summed E-state index contributed by atoms with van der Waals surface area (Å²) in [6.07, 6.45) is 0. The third-order valence-electron chi connectivity index (χ3n) is 4.41. The van der Waals surface area contributed by atoms with Crippen LogP contribution >= 0.6 is 23.5 Å². The average Bonchev–Trinajstić information content (AvgIpc) is 3.15. The van der Waals surface area contributed by atoms with Crippen LogP contribution in [-0.4, -0.2) is 14.1 Å². The van der Waals surface area contributed by atoms with Crippen LogP contribution in [0.3, 0.4) is 0 Å².